The molecule has 0 saturated heterocycles. The minimum Gasteiger partial charge on any atom is -0.356 e. The largest absolute Gasteiger partial charge is 0.356 e. The standard InChI is InChI=1S/C20H18Cl2FN3O2/c21-15-7-4-13(17(22)12-15)10-11-24-18(27)2-1-3-19-25-20(26-28-19)14-5-8-16(23)9-6-14/h4-9,12H,1-3,10-11H2,(H,24,27). The summed E-state index contributed by atoms with van der Waals surface area (Å²) in [5, 5.41) is 7.92. The molecule has 5 nitrogen and oxygen atoms in total. The zero-order valence-corrected chi connectivity index (χ0v) is 16.4. The highest BCUT2D eigenvalue weighted by atomic mass is 35.5. The number of hydrogen-bond acceptors (Lipinski definition) is 4. The molecule has 8 heteroatoms. The molecule has 1 heterocycles. The van der Waals surface area contributed by atoms with E-state index in [0.717, 1.165) is 5.56 Å². The summed E-state index contributed by atoms with van der Waals surface area (Å²) < 4.78 is 18.1. The van der Waals surface area contributed by atoms with Gasteiger partial charge in [0.2, 0.25) is 17.6 Å². The minimum atomic E-state index is -0.322. The van der Waals surface area contributed by atoms with Crippen LogP contribution in [0.5, 0.6) is 0 Å². The summed E-state index contributed by atoms with van der Waals surface area (Å²) in [6.07, 6.45) is 2.05. The number of halogens is 3. The molecule has 1 N–H and O–H groups in total. The predicted octanol–water partition coefficient (Wildman–Crippen LogP) is 4.86. The summed E-state index contributed by atoms with van der Waals surface area (Å²) in [6.45, 7) is 0.495. The zero-order valence-electron chi connectivity index (χ0n) is 14.9. The van der Waals surface area contributed by atoms with Crippen molar-refractivity contribution in [1.82, 2.24) is 15.5 Å². The summed E-state index contributed by atoms with van der Waals surface area (Å²) in [7, 11) is 0. The van der Waals surface area contributed by atoms with Gasteiger partial charge in [0.1, 0.15) is 5.82 Å². The Balaban J connectivity index is 1.39. The van der Waals surface area contributed by atoms with Crippen LogP contribution in [0.25, 0.3) is 11.4 Å². The van der Waals surface area contributed by atoms with Crippen LogP contribution in [0.3, 0.4) is 0 Å². The third kappa shape index (κ3) is 5.78. The molecule has 3 rings (SSSR count). The number of benzene rings is 2. The number of hydrogen-bond donors (Lipinski definition) is 1. The lowest BCUT2D eigenvalue weighted by molar-refractivity contribution is -0.121. The first kappa shape index (κ1) is 20.3. The van der Waals surface area contributed by atoms with Gasteiger partial charge < -0.3 is 9.84 Å². The second-order valence-electron chi connectivity index (χ2n) is 6.21. The van der Waals surface area contributed by atoms with E-state index in [-0.39, 0.29) is 11.7 Å². The second-order valence-corrected chi connectivity index (χ2v) is 7.05. The zero-order chi connectivity index (χ0) is 19.9. The van der Waals surface area contributed by atoms with Crippen molar-refractivity contribution in [3.8, 4) is 11.4 Å². The lowest BCUT2D eigenvalue weighted by Crippen LogP contribution is -2.25. The first-order chi connectivity index (χ1) is 13.5. The highest BCUT2D eigenvalue weighted by Crippen LogP contribution is 2.21. The number of aryl methyl sites for hydroxylation is 1. The van der Waals surface area contributed by atoms with Crippen molar-refractivity contribution in [3.05, 3.63) is 69.8 Å². The number of rotatable bonds is 8. The van der Waals surface area contributed by atoms with Crippen LogP contribution in [0, 0.1) is 5.82 Å². The van der Waals surface area contributed by atoms with Crippen LogP contribution < -0.4 is 5.32 Å². The molecule has 0 radical (unpaired) electrons. The van der Waals surface area contributed by atoms with E-state index in [1.54, 1.807) is 24.3 Å². The molecule has 0 atom stereocenters. The van der Waals surface area contributed by atoms with Gasteiger partial charge in [0, 0.05) is 35.0 Å². The monoisotopic (exact) mass is 421 g/mol. The third-order valence-corrected chi connectivity index (χ3v) is 4.68. The van der Waals surface area contributed by atoms with Gasteiger partial charge in [-0.3, -0.25) is 4.79 Å². The van der Waals surface area contributed by atoms with Gasteiger partial charge in [0.15, 0.2) is 0 Å². The molecule has 0 aliphatic rings. The molecule has 28 heavy (non-hydrogen) atoms. The number of aromatic nitrogens is 2. The summed E-state index contributed by atoms with van der Waals surface area (Å²) in [5.74, 6) is 0.472. The van der Waals surface area contributed by atoms with Crippen molar-refractivity contribution in [3.63, 3.8) is 0 Å². The van der Waals surface area contributed by atoms with Gasteiger partial charge in [0.25, 0.3) is 0 Å². The number of nitrogens with one attached hydrogen (secondary N) is 1. The molecule has 0 unspecified atom stereocenters. The van der Waals surface area contributed by atoms with Crippen molar-refractivity contribution in [2.24, 2.45) is 0 Å². The van der Waals surface area contributed by atoms with E-state index in [9.17, 15) is 9.18 Å². The van der Waals surface area contributed by atoms with Crippen LogP contribution in [-0.2, 0) is 17.6 Å². The summed E-state index contributed by atoms with van der Waals surface area (Å²) in [5.41, 5.74) is 1.61. The lowest BCUT2D eigenvalue weighted by atomic mass is 10.1. The van der Waals surface area contributed by atoms with Crippen molar-refractivity contribution >= 4 is 29.1 Å². The molecule has 2 aromatic carbocycles. The molecule has 0 saturated carbocycles. The van der Waals surface area contributed by atoms with E-state index in [1.165, 1.54) is 12.1 Å². The summed E-state index contributed by atoms with van der Waals surface area (Å²) in [6, 6.07) is 11.2. The Labute approximate surface area is 171 Å². The first-order valence-corrected chi connectivity index (χ1v) is 9.56. The Kier molecular flexibility index (Phi) is 7.01. The van der Waals surface area contributed by atoms with Gasteiger partial charge >= 0.3 is 0 Å². The Morgan fingerprint density at radius 2 is 1.89 bits per heavy atom. The average molecular weight is 422 g/mol. The molecular weight excluding hydrogens is 404 g/mol. The van der Waals surface area contributed by atoms with E-state index < -0.39 is 0 Å². The fourth-order valence-electron chi connectivity index (χ4n) is 2.62. The predicted molar refractivity (Wildman–Crippen MR) is 106 cm³/mol. The number of carbonyl (C=O) groups excluding carboxylic acids is 1. The van der Waals surface area contributed by atoms with Crippen LogP contribution in [0.1, 0.15) is 24.3 Å². The maximum atomic E-state index is 13.0. The summed E-state index contributed by atoms with van der Waals surface area (Å²) in [4.78, 5) is 16.2. The first-order valence-electron chi connectivity index (χ1n) is 8.80. The Morgan fingerprint density at radius 1 is 1.11 bits per heavy atom. The van der Waals surface area contributed by atoms with Gasteiger partial charge in [-0.15, -0.1) is 0 Å². The third-order valence-electron chi connectivity index (χ3n) is 4.10. The molecule has 1 amide bonds. The fraction of sp³-hybridized carbons (Fsp3) is 0.250. The SMILES string of the molecule is O=C(CCCc1nc(-c2ccc(F)cc2)no1)NCCc1ccc(Cl)cc1Cl. The molecule has 146 valence electrons. The lowest BCUT2D eigenvalue weighted by Gasteiger charge is -2.07. The van der Waals surface area contributed by atoms with E-state index in [4.69, 9.17) is 27.7 Å². The quantitative estimate of drug-likeness (QED) is 0.563. The Morgan fingerprint density at radius 3 is 2.64 bits per heavy atom. The Bertz CT molecular complexity index is 945. The van der Waals surface area contributed by atoms with Crippen LogP contribution in [-0.4, -0.2) is 22.6 Å². The number of amides is 1. The van der Waals surface area contributed by atoms with Crippen LogP contribution in [0.15, 0.2) is 47.0 Å². The van der Waals surface area contributed by atoms with Gasteiger partial charge in [-0.05, 0) is 54.8 Å². The molecular formula is C20H18Cl2FN3O2. The van der Waals surface area contributed by atoms with E-state index in [2.05, 4.69) is 15.5 Å². The smallest absolute Gasteiger partial charge is 0.226 e. The average Bonchev–Trinajstić information content (AvgIpc) is 3.13. The molecule has 0 aliphatic heterocycles. The molecule has 0 spiro atoms. The van der Waals surface area contributed by atoms with E-state index in [1.807, 2.05) is 6.07 Å². The van der Waals surface area contributed by atoms with Crippen LogP contribution in [0.2, 0.25) is 10.0 Å². The summed E-state index contributed by atoms with van der Waals surface area (Å²) >= 11 is 12.0. The van der Waals surface area contributed by atoms with E-state index >= 15 is 0 Å². The molecule has 3 aromatic rings. The maximum Gasteiger partial charge on any atom is 0.226 e. The molecule has 0 aliphatic carbocycles. The highest BCUT2D eigenvalue weighted by molar-refractivity contribution is 6.35. The minimum absolute atomic E-state index is 0.0524. The normalized spacial score (nSPS) is 10.8. The second kappa shape index (κ2) is 9.66. The highest BCUT2D eigenvalue weighted by Gasteiger charge is 2.10. The fourth-order valence-corrected chi connectivity index (χ4v) is 3.13. The van der Waals surface area contributed by atoms with Gasteiger partial charge in [-0.1, -0.05) is 34.4 Å². The van der Waals surface area contributed by atoms with E-state index in [0.29, 0.717) is 59.6 Å². The van der Waals surface area contributed by atoms with Crippen molar-refractivity contribution < 1.29 is 13.7 Å². The van der Waals surface area contributed by atoms with Crippen LogP contribution >= 0.6 is 23.2 Å². The van der Waals surface area contributed by atoms with Crippen LogP contribution in [0.4, 0.5) is 4.39 Å². The maximum absolute atomic E-state index is 13.0. The van der Waals surface area contributed by atoms with Crippen molar-refractivity contribution in [1.29, 1.82) is 0 Å². The molecule has 1 aromatic heterocycles. The van der Waals surface area contributed by atoms with Gasteiger partial charge in [-0.2, -0.15) is 4.98 Å². The van der Waals surface area contributed by atoms with Gasteiger partial charge in [0.05, 0.1) is 0 Å². The molecule has 0 fully saturated rings. The Hall–Kier alpha value is -2.44. The molecule has 0 bridgehead atoms. The van der Waals surface area contributed by atoms with Gasteiger partial charge in [-0.25, -0.2) is 4.39 Å². The number of carbonyl (C=O) groups is 1. The van der Waals surface area contributed by atoms with Crippen molar-refractivity contribution in [2.45, 2.75) is 25.7 Å². The number of nitrogens with zero attached hydrogens (tertiary/aromatic N) is 2. The van der Waals surface area contributed by atoms with Crippen molar-refractivity contribution in [2.75, 3.05) is 6.54 Å². The topological polar surface area (TPSA) is 68.0 Å².